The van der Waals surface area contributed by atoms with Crippen molar-refractivity contribution in [2.24, 2.45) is 0 Å². The van der Waals surface area contributed by atoms with Crippen molar-refractivity contribution in [3.63, 3.8) is 0 Å². The molecule has 0 aliphatic carbocycles. The summed E-state index contributed by atoms with van der Waals surface area (Å²) in [5.74, 6) is -0.0700. The van der Waals surface area contributed by atoms with Crippen molar-refractivity contribution in [2.75, 3.05) is 4.90 Å². The summed E-state index contributed by atoms with van der Waals surface area (Å²) in [4.78, 5) is 2.09. The number of aryl methyl sites for hydroxylation is 1. The molecule has 1 aliphatic heterocycles. The number of nitrogens with one attached hydrogen (secondary N) is 1. The first-order valence-electron chi connectivity index (χ1n) is 13.0. The van der Waals surface area contributed by atoms with Crippen LogP contribution in [0.2, 0.25) is 0 Å². The van der Waals surface area contributed by atoms with Crippen LogP contribution in [0.5, 0.6) is 5.75 Å². The lowest BCUT2D eigenvalue weighted by Crippen LogP contribution is -2.29. The molecule has 1 saturated heterocycles. The van der Waals surface area contributed by atoms with Gasteiger partial charge in [0.2, 0.25) is 0 Å². The summed E-state index contributed by atoms with van der Waals surface area (Å²) in [5, 5.41) is 24.6. The Kier molecular flexibility index (Phi) is 8.01. The Morgan fingerprint density at radius 1 is 0.816 bits per heavy atom. The first-order chi connectivity index (χ1) is 18.5. The topological polar surface area (TPSA) is 55.7 Å². The van der Waals surface area contributed by atoms with Gasteiger partial charge in [-0.15, -0.1) is 0 Å². The number of aromatic hydroxyl groups is 1. The van der Waals surface area contributed by atoms with Gasteiger partial charge >= 0.3 is 0 Å². The molecule has 0 aromatic heterocycles. The van der Waals surface area contributed by atoms with Crippen LogP contribution in [0.3, 0.4) is 0 Å². The first kappa shape index (κ1) is 25.9. The molecular formula is C32H31FN2O2S. The van der Waals surface area contributed by atoms with E-state index >= 15 is 0 Å². The minimum Gasteiger partial charge on any atom is -0.508 e. The van der Waals surface area contributed by atoms with Crippen LogP contribution in [0.1, 0.15) is 42.0 Å². The van der Waals surface area contributed by atoms with Gasteiger partial charge in [0.1, 0.15) is 11.6 Å². The van der Waals surface area contributed by atoms with Crippen molar-refractivity contribution in [3.8, 4) is 16.9 Å². The molecule has 4 aromatic carbocycles. The minimum atomic E-state index is -0.218. The summed E-state index contributed by atoms with van der Waals surface area (Å²) in [6, 6.07) is 30.4. The lowest BCUT2D eigenvalue weighted by Gasteiger charge is -2.29. The predicted molar refractivity (Wildman–Crippen MR) is 155 cm³/mol. The average Bonchev–Trinajstić information content (AvgIpc) is 3.27. The number of hydrogen-bond acceptors (Lipinski definition) is 3. The smallest absolute Gasteiger partial charge is 0.174 e. The number of anilines is 1. The van der Waals surface area contributed by atoms with E-state index in [1.165, 1.54) is 12.1 Å². The lowest BCUT2D eigenvalue weighted by molar-refractivity contribution is 0.281. The normalized spacial score (nSPS) is 17.0. The lowest BCUT2D eigenvalue weighted by atomic mass is 9.93. The summed E-state index contributed by atoms with van der Waals surface area (Å²) < 4.78 is 13.2. The number of benzene rings is 4. The summed E-state index contributed by atoms with van der Waals surface area (Å²) in [6.07, 6.45) is 3.64. The number of thiocarbonyl (C=S) groups is 1. The highest BCUT2D eigenvalue weighted by atomic mass is 32.1. The summed E-state index contributed by atoms with van der Waals surface area (Å²) in [5.41, 5.74) is 5.77. The number of rotatable bonds is 9. The number of nitrogens with zero attached hydrogens (tertiary/aromatic N) is 1. The summed E-state index contributed by atoms with van der Waals surface area (Å²) >= 11 is 5.82. The molecule has 0 radical (unpaired) electrons. The van der Waals surface area contributed by atoms with E-state index in [0.29, 0.717) is 10.7 Å². The Labute approximate surface area is 228 Å². The third-order valence-corrected chi connectivity index (χ3v) is 7.49. The zero-order valence-corrected chi connectivity index (χ0v) is 21.9. The highest BCUT2D eigenvalue weighted by Gasteiger charge is 2.39. The molecule has 4 aromatic rings. The zero-order valence-electron chi connectivity index (χ0n) is 21.1. The standard InChI is InChI=1S/C32H31FN2O2S/c33-26-15-10-22(11-16-26)6-4-5-9-29-31(28-19-12-23(21-36)20-30(28)37)35(32(38)34-29)27-17-13-25(14-18-27)24-7-2-1-3-8-24/h1-3,7-8,10-20,29,31,36-37H,4-6,9,21H2,(H,34,38)/t29-,31-/m1/s1. The Bertz CT molecular complexity index is 1380. The van der Waals surface area contributed by atoms with Crippen molar-refractivity contribution in [1.29, 1.82) is 0 Å². The maximum atomic E-state index is 13.2. The van der Waals surface area contributed by atoms with Gasteiger partial charge < -0.3 is 20.4 Å². The van der Waals surface area contributed by atoms with Crippen LogP contribution in [-0.2, 0) is 13.0 Å². The highest BCUT2D eigenvalue weighted by Crippen LogP contribution is 2.40. The molecule has 5 rings (SSSR count). The van der Waals surface area contributed by atoms with Gasteiger partial charge in [-0.2, -0.15) is 0 Å². The van der Waals surface area contributed by atoms with Crippen LogP contribution >= 0.6 is 12.2 Å². The molecule has 2 atom stereocenters. The molecule has 6 heteroatoms. The number of aliphatic hydroxyl groups excluding tert-OH is 1. The molecule has 1 aliphatic rings. The molecule has 38 heavy (non-hydrogen) atoms. The Morgan fingerprint density at radius 3 is 2.18 bits per heavy atom. The summed E-state index contributed by atoms with van der Waals surface area (Å²) in [7, 11) is 0. The molecule has 4 nitrogen and oxygen atoms in total. The fraction of sp³-hybridized carbons (Fsp3) is 0.219. The summed E-state index contributed by atoms with van der Waals surface area (Å²) in [6.45, 7) is -0.132. The molecule has 0 spiro atoms. The van der Waals surface area contributed by atoms with Crippen molar-refractivity contribution >= 4 is 23.0 Å². The van der Waals surface area contributed by atoms with E-state index in [4.69, 9.17) is 12.2 Å². The van der Waals surface area contributed by atoms with Crippen LogP contribution < -0.4 is 10.2 Å². The van der Waals surface area contributed by atoms with Gasteiger partial charge in [0.05, 0.1) is 18.7 Å². The zero-order chi connectivity index (χ0) is 26.5. The second-order valence-electron chi connectivity index (χ2n) is 9.71. The molecular weight excluding hydrogens is 495 g/mol. The number of halogens is 1. The van der Waals surface area contributed by atoms with Gasteiger partial charge in [-0.1, -0.05) is 73.2 Å². The fourth-order valence-corrected chi connectivity index (χ4v) is 5.57. The third-order valence-electron chi connectivity index (χ3n) is 7.18. The van der Waals surface area contributed by atoms with Crippen molar-refractivity contribution < 1.29 is 14.6 Å². The first-order valence-corrected chi connectivity index (χ1v) is 13.4. The molecule has 0 saturated carbocycles. The van der Waals surface area contributed by atoms with Gasteiger partial charge in [0, 0.05) is 11.3 Å². The average molecular weight is 527 g/mol. The SMILES string of the molecule is OCc1ccc([C@@H]2[C@@H](CCCCc3ccc(F)cc3)NC(=S)N2c2ccc(-c3ccccc3)cc2)c(O)c1. The van der Waals surface area contributed by atoms with Gasteiger partial charge in [-0.3, -0.25) is 0 Å². The van der Waals surface area contributed by atoms with E-state index in [-0.39, 0.29) is 30.3 Å². The van der Waals surface area contributed by atoms with E-state index in [0.717, 1.165) is 53.6 Å². The third kappa shape index (κ3) is 5.72. The van der Waals surface area contributed by atoms with Crippen molar-refractivity contribution in [3.05, 3.63) is 120 Å². The number of hydrogen-bond donors (Lipinski definition) is 3. The number of aliphatic hydroxyl groups is 1. The number of unbranched alkanes of at least 4 members (excludes halogenated alkanes) is 1. The van der Waals surface area contributed by atoms with Crippen LogP contribution in [0.4, 0.5) is 10.1 Å². The van der Waals surface area contributed by atoms with E-state index in [9.17, 15) is 14.6 Å². The Morgan fingerprint density at radius 2 is 1.50 bits per heavy atom. The van der Waals surface area contributed by atoms with Gasteiger partial charge in [-0.25, -0.2) is 4.39 Å². The minimum absolute atomic E-state index is 0.00426. The predicted octanol–water partition coefficient (Wildman–Crippen LogP) is 6.91. The molecule has 1 heterocycles. The molecule has 0 amide bonds. The quantitative estimate of drug-likeness (QED) is 0.163. The number of phenols is 1. The van der Waals surface area contributed by atoms with E-state index < -0.39 is 0 Å². The molecule has 0 unspecified atom stereocenters. The highest BCUT2D eigenvalue weighted by molar-refractivity contribution is 7.80. The number of phenolic OH excluding ortho intramolecular Hbond substituents is 1. The second-order valence-corrected chi connectivity index (χ2v) is 10.1. The van der Waals surface area contributed by atoms with E-state index in [1.54, 1.807) is 6.07 Å². The van der Waals surface area contributed by atoms with Crippen LogP contribution in [0.25, 0.3) is 11.1 Å². The molecule has 0 bridgehead atoms. The second kappa shape index (κ2) is 11.8. The van der Waals surface area contributed by atoms with E-state index in [1.807, 2.05) is 42.5 Å². The van der Waals surface area contributed by atoms with Crippen LogP contribution in [0.15, 0.2) is 97.1 Å². The monoisotopic (exact) mass is 526 g/mol. The van der Waals surface area contributed by atoms with Gasteiger partial charge in [0.25, 0.3) is 0 Å². The van der Waals surface area contributed by atoms with Crippen LogP contribution in [0, 0.1) is 5.82 Å². The largest absolute Gasteiger partial charge is 0.508 e. The van der Waals surface area contributed by atoms with Crippen molar-refractivity contribution in [2.45, 2.75) is 44.4 Å². The molecule has 3 N–H and O–H groups in total. The van der Waals surface area contributed by atoms with Gasteiger partial charge in [0.15, 0.2) is 5.11 Å². The Balaban J connectivity index is 1.38. The molecule has 1 fully saturated rings. The van der Waals surface area contributed by atoms with Crippen molar-refractivity contribution in [1.82, 2.24) is 5.32 Å². The Hall–Kier alpha value is -3.74. The van der Waals surface area contributed by atoms with E-state index in [2.05, 4.69) is 46.6 Å². The van der Waals surface area contributed by atoms with Gasteiger partial charge in [-0.05, 0) is 84.1 Å². The maximum absolute atomic E-state index is 13.2. The van der Waals surface area contributed by atoms with Crippen LogP contribution in [-0.4, -0.2) is 21.4 Å². The fourth-order valence-electron chi connectivity index (χ4n) is 5.20. The molecule has 194 valence electrons. The maximum Gasteiger partial charge on any atom is 0.174 e.